The van der Waals surface area contributed by atoms with Crippen molar-refractivity contribution in [1.29, 1.82) is 0 Å². The molecule has 114 valence electrons. The van der Waals surface area contributed by atoms with Crippen molar-refractivity contribution in [3.63, 3.8) is 0 Å². The highest BCUT2D eigenvalue weighted by Gasteiger charge is 2.30. The third-order valence-electron chi connectivity index (χ3n) is 3.90. The van der Waals surface area contributed by atoms with Crippen LogP contribution in [0.2, 0.25) is 0 Å². The van der Waals surface area contributed by atoms with Gasteiger partial charge in [-0.05, 0) is 25.3 Å². The van der Waals surface area contributed by atoms with Gasteiger partial charge in [-0.2, -0.15) is 0 Å². The number of hydrogen-bond donors (Lipinski definition) is 2. The zero-order valence-electron chi connectivity index (χ0n) is 12.7. The zero-order valence-corrected chi connectivity index (χ0v) is 12.7. The fourth-order valence-corrected chi connectivity index (χ4v) is 2.64. The van der Waals surface area contributed by atoms with Crippen molar-refractivity contribution in [1.82, 2.24) is 9.97 Å². The lowest BCUT2D eigenvalue weighted by Crippen LogP contribution is -2.27. The maximum atomic E-state index is 9.43. The summed E-state index contributed by atoms with van der Waals surface area (Å²) in [6, 6.07) is 12.2. The lowest BCUT2D eigenvalue weighted by atomic mass is 9.80. The number of hydrogen-bond acceptors (Lipinski definition) is 4. The van der Waals surface area contributed by atoms with Crippen molar-refractivity contribution < 1.29 is 5.11 Å². The van der Waals surface area contributed by atoms with Gasteiger partial charge in [-0.3, -0.25) is 0 Å². The molecule has 1 saturated carbocycles. The molecule has 0 amide bonds. The Kier molecular flexibility index (Phi) is 4.49. The molecule has 3 rings (SSSR count). The quantitative estimate of drug-likeness (QED) is 0.889. The van der Waals surface area contributed by atoms with Gasteiger partial charge in [0.15, 0.2) is 0 Å². The SMILES string of the molecule is Cc1nc(NC/C=C/c2ccccc2)cc(C2CC(O)C2)n1. The summed E-state index contributed by atoms with van der Waals surface area (Å²) in [6.45, 7) is 2.63. The van der Waals surface area contributed by atoms with Crippen LogP contribution in [0.15, 0.2) is 42.5 Å². The van der Waals surface area contributed by atoms with Crippen molar-refractivity contribution in [2.75, 3.05) is 11.9 Å². The summed E-state index contributed by atoms with van der Waals surface area (Å²) in [5.41, 5.74) is 2.22. The van der Waals surface area contributed by atoms with Crippen LogP contribution in [0.3, 0.4) is 0 Å². The van der Waals surface area contributed by atoms with Crippen LogP contribution in [0.25, 0.3) is 6.08 Å². The van der Waals surface area contributed by atoms with Crippen LogP contribution >= 0.6 is 0 Å². The van der Waals surface area contributed by atoms with Crippen molar-refractivity contribution in [2.45, 2.75) is 31.8 Å². The molecule has 1 aromatic carbocycles. The van der Waals surface area contributed by atoms with E-state index in [0.29, 0.717) is 5.92 Å². The molecule has 0 spiro atoms. The summed E-state index contributed by atoms with van der Waals surface area (Å²) in [4.78, 5) is 8.91. The average molecular weight is 295 g/mol. The number of nitrogens with zero attached hydrogens (tertiary/aromatic N) is 2. The van der Waals surface area contributed by atoms with Crippen LogP contribution in [0, 0.1) is 6.92 Å². The Morgan fingerprint density at radius 1 is 1.23 bits per heavy atom. The Hall–Kier alpha value is -2.20. The molecular weight excluding hydrogens is 274 g/mol. The Morgan fingerprint density at radius 3 is 2.73 bits per heavy atom. The van der Waals surface area contributed by atoms with Gasteiger partial charge < -0.3 is 10.4 Å². The number of nitrogens with one attached hydrogen (secondary N) is 1. The van der Waals surface area contributed by atoms with Gasteiger partial charge in [0.25, 0.3) is 0 Å². The fraction of sp³-hybridized carbons (Fsp3) is 0.333. The van der Waals surface area contributed by atoms with Gasteiger partial charge in [-0.15, -0.1) is 0 Å². The third-order valence-corrected chi connectivity index (χ3v) is 3.90. The predicted octanol–water partition coefficient (Wildman–Crippen LogP) is 3.15. The van der Waals surface area contributed by atoms with E-state index in [1.807, 2.05) is 31.2 Å². The maximum absolute atomic E-state index is 9.43. The molecular formula is C18H21N3O. The largest absolute Gasteiger partial charge is 0.393 e. The molecule has 0 bridgehead atoms. The first-order valence-corrected chi connectivity index (χ1v) is 7.70. The Labute approximate surface area is 130 Å². The van der Waals surface area contributed by atoms with Crippen molar-refractivity contribution in [2.24, 2.45) is 0 Å². The molecule has 0 unspecified atom stereocenters. The second-order valence-electron chi connectivity index (χ2n) is 5.74. The monoisotopic (exact) mass is 295 g/mol. The molecule has 0 saturated heterocycles. The highest BCUT2D eigenvalue weighted by Crippen LogP contribution is 2.36. The normalized spacial score (nSPS) is 20.8. The smallest absolute Gasteiger partial charge is 0.130 e. The van der Waals surface area contributed by atoms with Crippen LogP contribution in [0.4, 0.5) is 5.82 Å². The molecule has 1 aliphatic carbocycles. The molecule has 1 fully saturated rings. The summed E-state index contributed by atoms with van der Waals surface area (Å²) >= 11 is 0. The standard InChI is InChI=1S/C18H21N3O/c1-13-20-17(15-10-16(22)11-15)12-18(21-13)19-9-5-8-14-6-3-2-4-7-14/h2-8,12,15-16,22H,9-11H2,1H3,(H,19,20,21)/b8-5+. The summed E-state index contributed by atoms with van der Waals surface area (Å²) in [7, 11) is 0. The van der Waals surface area contributed by atoms with E-state index in [2.05, 4.69) is 39.6 Å². The zero-order chi connectivity index (χ0) is 15.4. The molecule has 2 N–H and O–H groups in total. The van der Waals surface area contributed by atoms with E-state index in [4.69, 9.17) is 0 Å². The van der Waals surface area contributed by atoms with Crippen LogP contribution in [-0.4, -0.2) is 27.7 Å². The van der Waals surface area contributed by atoms with Gasteiger partial charge in [0.05, 0.1) is 6.10 Å². The average Bonchev–Trinajstić information content (AvgIpc) is 2.49. The molecule has 2 aromatic rings. The van der Waals surface area contributed by atoms with Crippen molar-refractivity contribution >= 4 is 11.9 Å². The van der Waals surface area contributed by atoms with Crippen LogP contribution < -0.4 is 5.32 Å². The highest BCUT2D eigenvalue weighted by molar-refractivity contribution is 5.50. The predicted molar refractivity (Wildman–Crippen MR) is 88.7 cm³/mol. The first-order chi connectivity index (χ1) is 10.7. The summed E-state index contributed by atoms with van der Waals surface area (Å²) < 4.78 is 0. The van der Waals surface area contributed by atoms with Gasteiger partial charge in [-0.25, -0.2) is 9.97 Å². The number of aliphatic hydroxyl groups is 1. The topological polar surface area (TPSA) is 58.0 Å². The summed E-state index contributed by atoms with van der Waals surface area (Å²) in [6.07, 6.45) is 5.63. The number of rotatable bonds is 5. The van der Waals surface area contributed by atoms with Gasteiger partial charge in [-0.1, -0.05) is 42.5 Å². The van der Waals surface area contributed by atoms with E-state index in [9.17, 15) is 5.11 Å². The second-order valence-corrected chi connectivity index (χ2v) is 5.74. The van der Waals surface area contributed by atoms with Crippen LogP contribution in [0.1, 0.15) is 35.8 Å². The van der Waals surface area contributed by atoms with Gasteiger partial charge in [0, 0.05) is 24.2 Å². The molecule has 4 nitrogen and oxygen atoms in total. The Balaban J connectivity index is 1.59. The van der Waals surface area contributed by atoms with Gasteiger partial charge in [0.1, 0.15) is 11.6 Å². The van der Waals surface area contributed by atoms with E-state index in [1.165, 1.54) is 5.56 Å². The van der Waals surface area contributed by atoms with Crippen LogP contribution in [0.5, 0.6) is 0 Å². The molecule has 1 heterocycles. The van der Waals surface area contributed by atoms with E-state index in [1.54, 1.807) is 0 Å². The number of benzene rings is 1. The number of anilines is 1. The first kappa shape index (κ1) is 14.7. The second kappa shape index (κ2) is 6.71. The number of aryl methyl sites for hydroxylation is 1. The van der Waals surface area contributed by atoms with Gasteiger partial charge >= 0.3 is 0 Å². The lowest BCUT2D eigenvalue weighted by Gasteiger charge is -2.31. The molecule has 22 heavy (non-hydrogen) atoms. The molecule has 0 radical (unpaired) electrons. The highest BCUT2D eigenvalue weighted by atomic mass is 16.3. The molecule has 0 aliphatic heterocycles. The lowest BCUT2D eigenvalue weighted by molar-refractivity contribution is 0.0731. The molecule has 4 heteroatoms. The van der Waals surface area contributed by atoms with E-state index in [0.717, 1.165) is 36.7 Å². The molecule has 0 atom stereocenters. The minimum absolute atomic E-state index is 0.162. The number of aliphatic hydroxyl groups excluding tert-OH is 1. The molecule has 1 aliphatic rings. The van der Waals surface area contributed by atoms with Crippen molar-refractivity contribution in [3.05, 3.63) is 59.6 Å². The maximum Gasteiger partial charge on any atom is 0.130 e. The minimum atomic E-state index is -0.162. The first-order valence-electron chi connectivity index (χ1n) is 7.70. The minimum Gasteiger partial charge on any atom is -0.393 e. The van der Waals surface area contributed by atoms with Crippen molar-refractivity contribution in [3.8, 4) is 0 Å². The van der Waals surface area contributed by atoms with E-state index in [-0.39, 0.29) is 6.10 Å². The summed E-state index contributed by atoms with van der Waals surface area (Å²) in [5, 5.41) is 12.7. The molecule has 1 aromatic heterocycles. The summed E-state index contributed by atoms with van der Waals surface area (Å²) in [5.74, 6) is 1.99. The van der Waals surface area contributed by atoms with Gasteiger partial charge in [0.2, 0.25) is 0 Å². The number of aromatic nitrogens is 2. The Bertz CT molecular complexity index is 649. The Morgan fingerprint density at radius 2 is 2.00 bits per heavy atom. The fourth-order valence-electron chi connectivity index (χ4n) is 2.64. The van der Waals surface area contributed by atoms with E-state index < -0.39 is 0 Å². The van der Waals surface area contributed by atoms with Crippen LogP contribution in [-0.2, 0) is 0 Å². The van der Waals surface area contributed by atoms with E-state index >= 15 is 0 Å². The third kappa shape index (κ3) is 3.71.